The van der Waals surface area contributed by atoms with Crippen LogP contribution in [0.1, 0.15) is 37.8 Å². The minimum absolute atomic E-state index is 0.0430. The van der Waals surface area contributed by atoms with E-state index in [2.05, 4.69) is 15.3 Å². The van der Waals surface area contributed by atoms with E-state index >= 15 is 0 Å². The molecule has 0 aromatic carbocycles. The van der Waals surface area contributed by atoms with Gasteiger partial charge in [-0.05, 0) is 25.7 Å². The molecule has 1 N–H and O–H groups in total. The van der Waals surface area contributed by atoms with Crippen LogP contribution in [-0.4, -0.2) is 39.3 Å². The molecule has 7 heteroatoms. The molecule has 0 radical (unpaired) electrons. The summed E-state index contributed by atoms with van der Waals surface area (Å²) in [6.07, 6.45) is 7.45. The van der Waals surface area contributed by atoms with Gasteiger partial charge in [-0.15, -0.1) is 0 Å². The van der Waals surface area contributed by atoms with Crippen molar-refractivity contribution in [1.82, 2.24) is 20.2 Å². The van der Waals surface area contributed by atoms with E-state index in [-0.39, 0.29) is 24.3 Å². The van der Waals surface area contributed by atoms with Crippen LogP contribution in [0.4, 0.5) is 0 Å². The Balaban J connectivity index is 1.57. The molecule has 0 bridgehead atoms. The van der Waals surface area contributed by atoms with Crippen LogP contribution in [0.2, 0.25) is 5.15 Å². The molecule has 3 rings (SSSR count). The van der Waals surface area contributed by atoms with Crippen LogP contribution in [0.25, 0.3) is 0 Å². The molecule has 1 aromatic rings. The molecule has 2 saturated heterocycles. The molecule has 118 valence electrons. The van der Waals surface area contributed by atoms with Crippen LogP contribution in [0.3, 0.4) is 0 Å². The number of fused-ring (bicyclic) bond motifs is 1. The topological polar surface area (TPSA) is 75.2 Å². The van der Waals surface area contributed by atoms with Gasteiger partial charge in [-0.1, -0.05) is 11.6 Å². The number of piperidine rings is 2. The lowest BCUT2D eigenvalue weighted by molar-refractivity contribution is -0.141. The van der Waals surface area contributed by atoms with Gasteiger partial charge in [0, 0.05) is 31.4 Å². The number of hydrogen-bond acceptors (Lipinski definition) is 4. The van der Waals surface area contributed by atoms with E-state index in [4.69, 9.17) is 11.6 Å². The van der Waals surface area contributed by atoms with Gasteiger partial charge in [-0.3, -0.25) is 14.6 Å². The largest absolute Gasteiger partial charge is 0.350 e. The first-order valence-electron chi connectivity index (χ1n) is 7.67. The number of carbonyl (C=O) groups excluding carboxylic acids is 2. The maximum atomic E-state index is 12.3. The van der Waals surface area contributed by atoms with E-state index in [1.807, 2.05) is 4.90 Å². The second kappa shape index (κ2) is 6.60. The Hall–Kier alpha value is -1.69. The molecule has 2 amide bonds. The Labute approximate surface area is 134 Å². The van der Waals surface area contributed by atoms with Gasteiger partial charge in [0.2, 0.25) is 11.8 Å². The van der Waals surface area contributed by atoms with Gasteiger partial charge in [-0.25, -0.2) is 4.98 Å². The summed E-state index contributed by atoms with van der Waals surface area (Å²) in [4.78, 5) is 34.2. The highest BCUT2D eigenvalue weighted by Crippen LogP contribution is 2.29. The number of hydrogen-bond donors (Lipinski definition) is 1. The zero-order valence-electron chi connectivity index (χ0n) is 12.3. The number of aromatic nitrogens is 2. The molecule has 6 nitrogen and oxygen atoms in total. The fraction of sp³-hybridized carbons (Fsp3) is 0.600. The zero-order valence-corrected chi connectivity index (χ0v) is 13.1. The highest BCUT2D eigenvalue weighted by atomic mass is 35.5. The molecular weight excluding hydrogens is 304 g/mol. The van der Waals surface area contributed by atoms with Gasteiger partial charge >= 0.3 is 0 Å². The van der Waals surface area contributed by atoms with E-state index in [1.165, 1.54) is 6.20 Å². The van der Waals surface area contributed by atoms with E-state index in [0.717, 1.165) is 25.7 Å². The second-order valence-electron chi connectivity index (χ2n) is 5.88. The van der Waals surface area contributed by atoms with Crippen molar-refractivity contribution < 1.29 is 9.59 Å². The van der Waals surface area contributed by atoms with E-state index in [1.54, 1.807) is 6.20 Å². The summed E-state index contributed by atoms with van der Waals surface area (Å²) >= 11 is 5.93. The Morgan fingerprint density at radius 2 is 2.14 bits per heavy atom. The van der Waals surface area contributed by atoms with Crippen molar-refractivity contribution in [3.63, 3.8) is 0 Å². The van der Waals surface area contributed by atoms with Crippen molar-refractivity contribution in [2.24, 2.45) is 5.92 Å². The Morgan fingerprint density at radius 1 is 1.32 bits per heavy atom. The Kier molecular flexibility index (Phi) is 4.57. The second-order valence-corrected chi connectivity index (χ2v) is 6.24. The SMILES string of the molecule is O=C(NCc1nccnc1Cl)[C@@H]1CC[C@@H]2CCCC(=O)N2C1. The number of amides is 2. The van der Waals surface area contributed by atoms with Crippen molar-refractivity contribution in [3.8, 4) is 0 Å². The summed E-state index contributed by atoms with van der Waals surface area (Å²) < 4.78 is 0. The average molecular weight is 323 g/mol. The van der Waals surface area contributed by atoms with Gasteiger partial charge < -0.3 is 10.2 Å². The van der Waals surface area contributed by atoms with Crippen LogP contribution in [0, 0.1) is 5.92 Å². The van der Waals surface area contributed by atoms with Gasteiger partial charge in [0.1, 0.15) is 0 Å². The molecule has 0 aliphatic carbocycles. The smallest absolute Gasteiger partial charge is 0.225 e. The van der Waals surface area contributed by atoms with Crippen molar-refractivity contribution in [2.45, 2.75) is 44.7 Å². The summed E-state index contributed by atoms with van der Waals surface area (Å²) in [5, 5.41) is 3.16. The van der Waals surface area contributed by atoms with E-state index in [0.29, 0.717) is 29.9 Å². The fourth-order valence-electron chi connectivity index (χ4n) is 3.26. The minimum atomic E-state index is -0.145. The zero-order chi connectivity index (χ0) is 15.5. The molecule has 0 saturated carbocycles. The van der Waals surface area contributed by atoms with Crippen molar-refractivity contribution in [2.75, 3.05) is 6.54 Å². The quantitative estimate of drug-likeness (QED) is 0.916. The highest BCUT2D eigenvalue weighted by molar-refractivity contribution is 6.29. The number of nitrogens with zero attached hydrogens (tertiary/aromatic N) is 3. The van der Waals surface area contributed by atoms with Gasteiger partial charge in [0.15, 0.2) is 5.15 Å². The van der Waals surface area contributed by atoms with Crippen LogP contribution < -0.4 is 5.32 Å². The van der Waals surface area contributed by atoms with Crippen LogP contribution in [-0.2, 0) is 16.1 Å². The molecule has 22 heavy (non-hydrogen) atoms. The maximum Gasteiger partial charge on any atom is 0.225 e. The standard InChI is InChI=1S/C15H19ClN4O2/c16-14-12(17-6-7-18-14)8-19-15(22)10-4-5-11-2-1-3-13(21)20(11)9-10/h6-7,10-11H,1-5,8-9H2,(H,19,22)/t10-,11+/m1/s1. The minimum Gasteiger partial charge on any atom is -0.350 e. The van der Waals surface area contributed by atoms with Gasteiger partial charge in [0.25, 0.3) is 0 Å². The molecule has 3 heterocycles. The first-order chi connectivity index (χ1) is 10.6. The normalized spacial score (nSPS) is 24.8. The number of carbonyl (C=O) groups is 2. The molecule has 2 aliphatic heterocycles. The summed E-state index contributed by atoms with van der Waals surface area (Å²) in [7, 11) is 0. The van der Waals surface area contributed by atoms with E-state index in [9.17, 15) is 9.59 Å². The lowest BCUT2D eigenvalue weighted by Gasteiger charge is -2.42. The van der Waals surface area contributed by atoms with Crippen molar-refractivity contribution >= 4 is 23.4 Å². The number of rotatable bonds is 3. The highest BCUT2D eigenvalue weighted by Gasteiger charge is 2.36. The van der Waals surface area contributed by atoms with Gasteiger partial charge in [0.05, 0.1) is 18.2 Å². The molecule has 2 atom stereocenters. The van der Waals surface area contributed by atoms with Crippen molar-refractivity contribution in [1.29, 1.82) is 0 Å². The molecule has 0 spiro atoms. The molecule has 1 aromatic heterocycles. The lowest BCUT2D eigenvalue weighted by Crippen LogP contribution is -2.52. The van der Waals surface area contributed by atoms with Crippen LogP contribution >= 0.6 is 11.6 Å². The summed E-state index contributed by atoms with van der Waals surface area (Å²) in [5.74, 6) is -0.00184. The Bertz CT molecular complexity index is 580. The van der Waals surface area contributed by atoms with Crippen molar-refractivity contribution in [3.05, 3.63) is 23.2 Å². The van der Waals surface area contributed by atoms with Crippen LogP contribution in [0.5, 0.6) is 0 Å². The van der Waals surface area contributed by atoms with Crippen LogP contribution in [0.15, 0.2) is 12.4 Å². The Morgan fingerprint density at radius 3 is 2.95 bits per heavy atom. The predicted octanol–water partition coefficient (Wildman–Crippen LogP) is 1.54. The third-order valence-corrected chi connectivity index (χ3v) is 4.79. The monoisotopic (exact) mass is 322 g/mol. The van der Waals surface area contributed by atoms with Gasteiger partial charge in [-0.2, -0.15) is 0 Å². The first kappa shape index (κ1) is 15.2. The van der Waals surface area contributed by atoms with E-state index < -0.39 is 0 Å². The fourth-order valence-corrected chi connectivity index (χ4v) is 3.43. The summed E-state index contributed by atoms with van der Waals surface area (Å²) in [5.41, 5.74) is 0.556. The molecule has 2 fully saturated rings. The molecular formula is C15H19ClN4O2. The summed E-state index contributed by atoms with van der Waals surface area (Å²) in [6.45, 7) is 0.795. The lowest BCUT2D eigenvalue weighted by atomic mass is 9.87. The maximum absolute atomic E-state index is 12.3. The average Bonchev–Trinajstić information content (AvgIpc) is 2.54. The third kappa shape index (κ3) is 3.21. The summed E-state index contributed by atoms with van der Waals surface area (Å²) in [6, 6.07) is 0.333. The number of halogens is 1. The molecule has 2 aliphatic rings. The third-order valence-electron chi connectivity index (χ3n) is 4.48. The predicted molar refractivity (Wildman–Crippen MR) is 81.0 cm³/mol. The first-order valence-corrected chi connectivity index (χ1v) is 8.05. The molecule has 0 unspecified atom stereocenters. The number of nitrogens with one attached hydrogen (secondary N) is 1.